The van der Waals surface area contributed by atoms with Crippen molar-refractivity contribution in [1.29, 1.82) is 0 Å². The Balaban J connectivity index is 3.27. The van der Waals surface area contributed by atoms with E-state index in [1.807, 2.05) is 31.3 Å². The van der Waals surface area contributed by atoms with Crippen molar-refractivity contribution < 1.29 is 0 Å². The standard InChI is InChI=1S/C16H21N/c1-6-13(4)16(17-11-12(2)3)15-10-8-7-9-14(15)5/h6-12H,1H2,2-5H3/b16-13-,17-11?. The van der Waals surface area contributed by atoms with E-state index in [0.717, 1.165) is 11.3 Å². The first-order valence-electron chi connectivity index (χ1n) is 5.99. The minimum atomic E-state index is 0.451. The highest BCUT2D eigenvalue weighted by Gasteiger charge is 2.05. The Morgan fingerprint density at radius 1 is 1.29 bits per heavy atom. The Morgan fingerprint density at radius 2 is 1.94 bits per heavy atom. The molecule has 0 spiro atoms. The molecule has 1 aromatic rings. The summed E-state index contributed by atoms with van der Waals surface area (Å²) in [5.74, 6) is 0.451. The summed E-state index contributed by atoms with van der Waals surface area (Å²) < 4.78 is 0. The van der Waals surface area contributed by atoms with Gasteiger partial charge in [0.05, 0.1) is 5.70 Å². The van der Waals surface area contributed by atoms with Crippen LogP contribution in [0.4, 0.5) is 0 Å². The fourth-order valence-electron chi connectivity index (χ4n) is 1.54. The maximum Gasteiger partial charge on any atom is 0.0729 e. The normalized spacial score (nSPS) is 13.0. The van der Waals surface area contributed by atoms with E-state index in [4.69, 9.17) is 0 Å². The average molecular weight is 227 g/mol. The molecule has 1 nitrogen and oxygen atoms in total. The molecule has 0 aromatic heterocycles. The largest absolute Gasteiger partial charge is 0.260 e. The second-order valence-electron chi connectivity index (χ2n) is 4.57. The van der Waals surface area contributed by atoms with Crippen molar-refractivity contribution in [2.45, 2.75) is 27.7 Å². The lowest BCUT2D eigenvalue weighted by Crippen LogP contribution is -1.93. The summed E-state index contributed by atoms with van der Waals surface area (Å²) in [4.78, 5) is 4.61. The van der Waals surface area contributed by atoms with Crippen molar-refractivity contribution in [1.82, 2.24) is 0 Å². The number of aryl methyl sites for hydroxylation is 1. The molecule has 0 aliphatic heterocycles. The molecule has 0 amide bonds. The lowest BCUT2D eigenvalue weighted by Gasteiger charge is -2.09. The maximum atomic E-state index is 4.61. The zero-order chi connectivity index (χ0) is 12.8. The Labute approximate surface area is 105 Å². The number of hydrogen-bond donors (Lipinski definition) is 0. The molecule has 0 atom stereocenters. The molecule has 0 saturated heterocycles. The van der Waals surface area contributed by atoms with Gasteiger partial charge < -0.3 is 0 Å². The van der Waals surface area contributed by atoms with Crippen LogP contribution in [0.3, 0.4) is 0 Å². The highest BCUT2D eigenvalue weighted by Crippen LogP contribution is 2.23. The molecule has 0 aliphatic carbocycles. The van der Waals surface area contributed by atoms with Crippen LogP contribution in [0.5, 0.6) is 0 Å². The molecular weight excluding hydrogens is 206 g/mol. The van der Waals surface area contributed by atoms with Crippen LogP contribution >= 0.6 is 0 Å². The number of allylic oxidation sites excluding steroid dienone is 2. The van der Waals surface area contributed by atoms with Gasteiger partial charge in [-0.15, -0.1) is 0 Å². The molecular formula is C16H21N. The summed E-state index contributed by atoms with van der Waals surface area (Å²) in [6.07, 6.45) is 3.84. The molecule has 0 saturated carbocycles. The van der Waals surface area contributed by atoms with E-state index in [2.05, 4.69) is 44.5 Å². The quantitative estimate of drug-likeness (QED) is 0.525. The van der Waals surface area contributed by atoms with Gasteiger partial charge in [0.2, 0.25) is 0 Å². The summed E-state index contributed by atoms with van der Waals surface area (Å²) in [6.45, 7) is 12.2. The zero-order valence-corrected chi connectivity index (χ0v) is 11.2. The first-order valence-corrected chi connectivity index (χ1v) is 5.99. The number of benzene rings is 1. The first kappa shape index (κ1) is 13.4. The highest BCUT2D eigenvalue weighted by molar-refractivity contribution is 5.78. The van der Waals surface area contributed by atoms with Crippen molar-refractivity contribution >= 4 is 11.9 Å². The minimum Gasteiger partial charge on any atom is -0.260 e. The van der Waals surface area contributed by atoms with Crippen LogP contribution in [0.25, 0.3) is 5.70 Å². The Hall–Kier alpha value is -1.63. The molecule has 1 heteroatoms. The van der Waals surface area contributed by atoms with Gasteiger partial charge in [-0.1, -0.05) is 50.8 Å². The van der Waals surface area contributed by atoms with Crippen LogP contribution in [-0.2, 0) is 0 Å². The molecule has 1 rings (SSSR count). The summed E-state index contributed by atoms with van der Waals surface area (Å²) in [6, 6.07) is 8.31. The highest BCUT2D eigenvalue weighted by atomic mass is 14.7. The predicted octanol–water partition coefficient (Wildman–Crippen LogP) is 4.64. The minimum absolute atomic E-state index is 0.451. The lowest BCUT2D eigenvalue weighted by molar-refractivity contribution is 0.907. The van der Waals surface area contributed by atoms with Crippen molar-refractivity contribution in [3.63, 3.8) is 0 Å². The summed E-state index contributed by atoms with van der Waals surface area (Å²) in [7, 11) is 0. The van der Waals surface area contributed by atoms with Crippen LogP contribution in [0.2, 0.25) is 0 Å². The second-order valence-corrected chi connectivity index (χ2v) is 4.57. The van der Waals surface area contributed by atoms with E-state index < -0.39 is 0 Å². The van der Waals surface area contributed by atoms with E-state index in [0.29, 0.717) is 5.92 Å². The van der Waals surface area contributed by atoms with Crippen molar-refractivity contribution in [3.8, 4) is 0 Å². The molecule has 0 aliphatic rings. The van der Waals surface area contributed by atoms with Gasteiger partial charge in [-0.25, -0.2) is 0 Å². The molecule has 0 fully saturated rings. The van der Waals surface area contributed by atoms with Gasteiger partial charge in [-0.05, 0) is 30.9 Å². The second kappa shape index (κ2) is 6.19. The summed E-state index contributed by atoms with van der Waals surface area (Å²) in [5, 5.41) is 0. The van der Waals surface area contributed by atoms with Crippen molar-refractivity contribution in [2.24, 2.45) is 10.9 Å². The molecule has 17 heavy (non-hydrogen) atoms. The summed E-state index contributed by atoms with van der Waals surface area (Å²) >= 11 is 0. The van der Waals surface area contributed by atoms with Gasteiger partial charge in [0, 0.05) is 11.8 Å². The van der Waals surface area contributed by atoms with Gasteiger partial charge in [0.15, 0.2) is 0 Å². The maximum absolute atomic E-state index is 4.61. The number of nitrogens with zero attached hydrogens (tertiary/aromatic N) is 1. The van der Waals surface area contributed by atoms with E-state index in [1.54, 1.807) is 0 Å². The fourth-order valence-corrected chi connectivity index (χ4v) is 1.54. The smallest absolute Gasteiger partial charge is 0.0729 e. The molecule has 0 radical (unpaired) electrons. The van der Waals surface area contributed by atoms with Gasteiger partial charge in [-0.3, -0.25) is 4.99 Å². The van der Waals surface area contributed by atoms with Crippen LogP contribution < -0.4 is 0 Å². The molecule has 0 N–H and O–H groups in total. The van der Waals surface area contributed by atoms with Gasteiger partial charge in [0.25, 0.3) is 0 Å². The predicted molar refractivity (Wildman–Crippen MR) is 77.3 cm³/mol. The SMILES string of the molecule is C=C/C(C)=C(\N=CC(C)C)c1ccccc1C. The fraction of sp³-hybridized carbons (Fsp3) is 0.312. The van der Waals surface area contributed by atoms with Crippen LogP contribution in [0, 0.1) is 12.8 Å². The Bertz CT molecular complexity index is 450. The van der Waals surface area contributed by atoms with Crippen LogP contribution in [-0.4, -0.2) is 6.21 Å². The molecule has 0 bridgehead atoms. The van der Waals surface area contributed by atoms with Gasteiger partial charge in [-0.2, -0.15) is 0 Å². The van der Waals surface area contributed by atoms with E-state index >= 15 is 0 Å². The van der Waals surface area contributed by atoms with Gasteiger partial charge in [0.1, 0.15) is 0 Å². The Morgan fingerprint density at radius 3 is 2.47 bits per heavy atom. The molecule has 0 unspecified atom stereocenters. The third-order valence-electron chi connectivity index (χ3n) is 2.58. The third kappa shape index (κ3) is 3.70. The molecule has 90 valence electrons. The van der Waals surface area contributed by atoms with Gasteiger partial charge >= 0.3 is 0 Å². The van der Waals surface area contributed by atoms with E-state index in [9.17, 15) is 0 Å². The zero-order valence-electron chi connectivity index (χ0n) is 11.2. The van der Waals surface area contributed by atoms with E-state index in [-0.39, 0.29) is 0 Å². The van der Waals surface area contributed by atoms with Crippen LogP contribution in [0.15, 0.2) is 47.5 Å². The third-order valence-corrected chi connectivity index (χ3v) is 2.58. The van der Waals surface area contributed by atoms with Crippen molar-refractivity contribution in [3.05, 3.63) is 53.6 Å². The van der Waals surface area contributed by atoms with E-state index in [1.165, 1.54) is 11.1 Å². The monoisotopic (exact) mass is 227 g/mol. The summed E-state index contributed by atoms with van der Waals surface area (Å²) in [5.41, 5.74) is 4.55. The topological polar surface area (TPSA) is 12.4 Å². The average Bonchev–Trinajstić information content (AvgIpc) is 2.30. The number of rotatable bonds is 4. The van der Waals surface area contributed by atoms with Crippen LogP contribution in [0.1, 0.15) is 31.9 Å². The lowest BCUT2D eigenvalue weighted by atomic mass is 10.0. The Kier molecular flexibility index (Phi) is 4.89. The van der Waals surface area contributed by atoms with Crippen molar-refractivity contribution in [2.75, 3.05) is 0 Å². The molecule has 1 aromatic carbocycles. The number of hydrogen-bond acceptors (Lipinski definition) is 1. The molecule has 0 heterocycles. The first-order chi connectivity index (χ1) is 8.06. The number of aliphatic imine (C=N–C) groups is 1.